The van der Waals surface area contributed by atoms with Crippen molar-refractivity contribution in [2.45, 2.75) is 19.4 Å². The van der Waals surface area contributed by atoms with Gasteiger partial charge in [0.2, 0.25) is 0 Å². The second kappa shape index (κ2) is 5.76. The van der Waals surface area contributed by atoms with Crippen LogP contribution in [0.2, 0.25) is 0 Å². The highest BCUT2D eigenvalue weighted by Crippen LogP contribution is 2.10. The third-order valence-electron chi connectivity index (χ3n) is 2.23. The lowest BCUT2D eigenvalue weighted by molar-refractivity contribution is 0.0104. The zero-order valence-corrected chi connectivity index (χ0v) is 9.66. The van der Waals surface area contributed by atoms with Gasteiger partial charge in [0.25, 0.3) is 10.2 Å². The molecule has 1 fully saturated rings. The number of nitrogens with zero attached hydrogens (tertiary/aromatic N) is 1. The fourth-order valence-corrected chi connectivity index (χ4v) is 2.88. The molecule has 0 aliphatic carbocycles. The minimum absolute atomic E-state index is 0.215. The third kappa shape index (κ3) is 3.39. The molecule has 0 saturated carbocycles. The maximum Gasteiger partial charge on any atom is 0.279 e. The van der Waals surface area contributed by atoms with Gasteiger partial charge in [0.15, 0.2) is 0 Å². The van der Waals surface area contributed by atoms with Gasteiger partial charge in [0.05, 0.1) is 25.9 Å². The van der Waals surface area contributed by atoms with E-state index in [-0.39, 0.29) is 13.2 Å². The fraction of sp³-hybridized carbons (Fsp3) is 1.00. The smallest absolute Gasteiger partial charge is 0.279 e. The van der Waals surface area contributed by atoms with Crippen LogP contribution in [0.1, 0.15) is 13.3 Å². The number of nitrogens with one attached hydrogen (secondary N) is 1. The standard InChI is InChI=1S/C8H18N2O4S/c1-2-3-9-15(12,13)10-4-5-14-7-8(10)6-11/h8-9,11H,2-7H2,1H3. The molecule has 0 bridgehead atoms. The molecule has 0 aromatic rings. The minimum Gasteiger partial charge on any atom is -0.395 e. The molecule has 0 aromatic carbocycles. The normalized spacial score (nSPS) is 24.3. The van der Waals surface area contributed by atoms with Crippen LogP contribution in [-0.4, -0.2) is 56.8 Å². The molecular formula is C8H18N2O4S. The summed E-state index contributed by atoms with van der Waals surface area (Å²) in [4.78, 5) is 0. The molecular weight excluding hydrogens is 220 g/mol. The van der Waals surface area contributed by atoms with Gasteiger partial charge >= 0.3 is 0 Å². The maximum absolute atomic E-state index is 11.8. The summed E-state index contributed by atoms with van der Waals surface area (Å²) in [6, 6.07) is -0.465. The summed E-state index contributed by atoms with van der Waals surface area (Å²) >= 11 is 0. The van der Waals surface area contributed by atoms with Crippen LogP contribution >= 0.6 is 0 Å². The van der Waals surface area contributed by atoms with Gasteiger partial charge in [-0.25, -0.2) is 4.72 Å². The van der Waals surface area contributed by atoms with E-state index in [1.165, 1.54) is 4.31 Å². The van der Waals surface area contributed by atoms with Gasteiger partial charge in [0.1, 0.15) is 0 Å². The van der Waals surface area contributed by atoms with Crippen LogP contribution in [0.3, 0.4) is 0 Å². The Bertz CT molecular complexity index is 280. The van der Waals surface area contributed by atoms with E-state index in [1.807, 2.05) is 6.92 Å². The number of aliphatic hydroxyl groups excluding tert-OH is 1. The van der Waals surface area contributed by atoms with Crippen molar-refractivity contribution in [2.75, 3.05) is 32.9 Å². The van der Waals surface area contributed by atoms with Crippen molar-refractivity contribution in [3.8, 4) is 0 Å². The molecule has 6 nitrogen and oxygen atoms in total. The molecule has 1 unspecified atom stereocenters. The highest BCUT2D eigenvalue weighted by molar-refractivity contribution is 7.87. The van der Waals surface area contributed by atoms with E-state index in [0.29, 0.717) is 19.7 Å². The zero-order chi connectivity index (χ0) is 11.3. The molecule has 0 radical (unpaired) electrons. The Morgan fingerprint density at radius 3 is 2.93 bits per heavy atom. The summed E-state index contributed by atoms with van der Waals surface area (Å²) in [5.74, 6) is 0. The molecule has 90 valence electrons. The van der Waals surface area contributed by atoms with E-state index >= 15 is 0 Å². The second-order valence-corrected chi connectivity index (χ2v) is 5.13. The highest BCUT2D eigenvalue weighted by atomic mass is 32.2. The molecule has 1 aliphatic heterocycles. The number of ether oxygens (including phenoxy) is 1. The monoisotopic (exact) mass is 238 g/mol. The first-order valence-electron chi connectivity index (χ1n) is 5.07. The van der Waals surface area contributed by atoms with Crippen LogP contribution in [-0.2, 0) is 14.9 Å². The fourth-order valence-electron chi connectivity index (χ4n) is 1.41. The number of rotatable bonds is 5. The molecule has 1 saturated heterocycles. The minimum atomic E-state index is -3.46. The van der Waals surface area contributed by atoms with Crippen molar-refractivity contribution in [2.24, 2.45) is 0 Å². The van der Waals surface area contributed by atoms with Gasteiger partial charge in [-0.1, -0.05) is 6.92 Å². The molecule has 0 spiro atoms. The lowest BCUT2D eigenvalue weighted by Crippen LogP contribution is -2.54. The number of aliphatic hydroxyl groups is 1. The van der Waals surface area contributed by atoms with Gasteiger partial charge in [-0.05, 0) is 6.42 Å². The molecule has 1 rings (SSSR count). The van der Waals surface area contributed by atoms with Crippen molar-refractivity contribution in [1.29, 1.82) is 0 Å². The molecule has 1 atom stereocenters. The molecule has 0 amide bonds. The van der Waals surface area contributed by atoms with Crippen molar-refractivity contribution in [3.05, 3.63) is 0 Å². The Hall–Kier alpha value is -0.210. The maximum atomic E-state index is 11.8. The average molecular weight is 238 g/mol. The topological polar surface area (TPSA) is 78.9 Å². The van der Waals surface area contributed by atoms with Gasteiger partial charge in [-0.15, -0.1) is 0 Å². The van der Waals surface area contributed by atoms with E-state index < -0.39 is 16.3 Å². The first-order chi connectivity index (χ1) is 7.11. The van der Waals surface area contributed by atoms with Gasteiger partial charge in [-0.2, -0.15) is 12.7 Å². The second-order valence-electron chi connectivity index (χ2n) is 3.42. The van der Waals surface area contributed by atoms with Crippen LogP contribution in [0.15, 0.2) is 0 Å². The lowest BCUT2D eigenvalue weighted by Gasteiger charge is -2.33. The van der Waals surface area contributed by atoms with Gasteiger partial charge in [-0.3, -0.25) is 0 Å². The van der Waals surface area contributed by atoms with Crippen LogP contribution in [0.25, 0.3) is 0 Å². The number of hydrogen-bond donors (Lipinski definition) is 2. The Balaban J connectivity index is 2.65. The average Bonchev–Trinajstić information content (AvgIpc) is 2.26. The van der Waals surface area contributed by atoms with Crippen molar-refractivity contribution >= 4 is 10.2 Å². The van der Waals surface area contributed by atoms with E-state index in [0.717, 1.165) is 6.42 Å². The van der Waals surface area contributed by atoms with Gasteiger partial charge in [0, 0.05) is 13.1 Å². The summed E-state index contributed by atoms with van der Waals surface area (Å²) in [6.07, 6.45) is 0.743. The summed E-state index contributed by atoms with van der Waals surface area (Å²) in [5, 5.41) is 9.04. The molecule has 0 aromatic heterocycles. The predicted octanol–water partition coefficient (Wildman–Crippen LogP) is -1.08. The third-order valence-corrected chi connectivity index (χ3v) is 3.89. The molecule has 15 heavy (non-hydrogen) atoms. The summed E-state index contributed by atoms with van der Waals surface area (Å²) < 4.78 is 32.4. The van der Waals surface area contributed by atoms with Crippen molar-refractivity contribution in [3.63, 3.8) is 0 Å². The SMILES string of the molecule is CCCNS(=O)(=O)N1CCOCC1CO. The predicted molar refractivity (Wildman–Crippen MR) is 55.6 cm³/mol. The summed E-state index contributed by atoms with van der Waals surface area (Å²) in [7, 11) is -3.46. The molecule has 1 aliphatic rings. The van der Waals surface area contributed by atoms with Crippen LogP contribution in [0.5, 0.6) is 0 Å². The highest BCUT2D eigenvalue weighted by Gasteiger charge is 2.31. The first kappa shape index (κ1) is 12.9. The van der Waals surface area contributed by atoms with Crippen molar-refractivity contribution in [1.82, 2.24) is 9.03 Å². The van der Waals surface area contributed by atoms with Crippen LogP contribution in [0.4, 0.5) is 0 Å². The van der Waals surface area contributed by atoms with Crippen LogP contribution in [0, 0.1) is 0 Å². The van der Waals surface area contributed by atoms with E-state index in [2.05, 4.69) is 4.72 Å². The number of hydrogen-bond acceptors (Lipinski definition) is 4. The summed E-state index contributed by atoms with van der Waals surface area (Å²) in [5.41, 5.74) is 0. The first-order valence-corrected chi connectivity index (χ1v) is 6.51. The van der Waals surface area contributed by atoms with E-state index in [4.69, 9.17) is 9.84 Å². The van der Waals surface area contributed by atoms with Crippen molar-refractivity contribution < 1.29 is 18.3 Å². The molecule has 1 heterocycles. The zero-order valence-electron chi connectivity index (χ0n) is 8.85. The largest absolute Gasteiger partial charge is 0.395 e. The van der Waals surface area contributed by atoms with E-state index in [1.54, 1.807) is 0 Å². The van der Waals surface area contributed by atoms with Crippen LogP contribution < -0.4 is 4.72 Å². The summed E-state index contributed by atoms with van der Waals surface area (Å²) in [6.45, 7) is 3.02. The molecule has 2 N–H and O–H groups in total. The Morgan fingerprint density at radius 2 is 2.33 bits per heavy atom. The number of morpholine rings is 1. The molecule has 7 heteroatoms. The Labute approximate surface area is 90.4 Å². The Kier molecular flexibility index (Phi) is 4.94. The van der Waals surface area contributed by atoms with E-state index in [9.17, 15) is 8.42 Å². The Morgan fingerprint density at radius 1 is 1.60 bits per heavy atom. The lowest BCUT2D eigenvalue weighted by atomic mass is 10.3. The quantitative estimate of drug-likeness (QED) is 0.639. The van der Waals surface area contributed by atoms with Gasteiger partial charge < -0.3 is 9.84 Å².